The fraction of sp³-hybridized carbons (Fsp3) is 0.240. The van der Waals surface area contributed by atoms with Crippen LogP contribution in [0.15, 0.2) is 84.9 Å². The first-order valence-electron chi connectivity index (χ1n) is 10.3. The van der Waals surface area contributed by atoms with E-state index < -0.39 is 17.7 Å². The minimum absolute atomic E-state index is 0.0328. The Morgan fingerprint density at radius 2 is 1.32 bits per heavy atom. The number of nitrogens with zero attached hydrogens (tertiary/aromatic N) is 1. The summed E-state index contributed by atoms with van der Waals surface area (Å²) in [5, 5.41) is 12.5. The number of hydrogen-bond donors (Lipinski definition) is 0. The molecule has 0 heterocycles. The number of nitro benzene ring substituents is 1. The standard InChI is InChI=1S/C25H26NO4P/c1-19(2)17-22(27)18-25(20-13-15-21(16-14-20)26(28)29)31(30,23-9-5-3-6-10-23)24-11-7-4-8-12-24/h3-16,19,25H,17-18H2,1-2H3. The van der Waals surface area contributed by atoms with Crippen LogP contribution in [0.3, 0.4) is 0 Å². The van der Waals surface area contributed by atoms with E-state index in [2.05, 4.69) is 0 Å². The van der Waals surface area contributed by atoms with Crippen molar-refractivity contribution in [2.24, 2.45) is 5.92 Å². The van der Waals surface area contributed by atoms with E-state index in [1.807, 2.05) is 74.5 Å². The molecule has 3 aromatic carbocycles. The second kappa shape index (κ2) is 9.84. The smallest absolute Gasteiger partial charge is 0.269 e. The third-order valence-electron chi connectivity index (χ3n) is 5.26. The highest BCUT2D eigenvalue weighted by Gasteiger charge is 2.39. The van der Waals surface area contributed by atoms with E-state index in [0.717, 1.165) is 0 Å². The van der Waals surface area contributed by atoms with Gasteiger partial charge in [0.05, 0.1) is 10.6 Å². The summed E-state index contributed by atoms with van der Waals surface area (Å²) in [6.45, 7) is 3.96. The number of carbonyl (C=O) groups is 1. The molecule has 0 aliphatic rings. The lowest BCUT2D eigenvalue weighted by atomic mass is 10.0. The Hall–Kier alpha value is -3.04. The van der Waals surface area contributed by atoms with Gasteiger partial charge in [-0.2, -0.15) is 0 Å². The van der Waals surface area contributed by atoms with Gasteiger partial charge in [-0.1, -0.05) is 86.6 Å². The normalized spacial score (nSPS) is 12.5. The van der Waals surface area contributed by atoms with Crippen LogP contribution in [0.4, 0.5) is 5.69 Å². The predicted molar refractivity (Wildman–Crippen MR) is 125 cm³/mol. The van der Waals surface area contributed by atoms with Gasteiger partial charge in [0.1, 0.15) is 5.78 Å². The van der Waals surface area contributed by atoms with Crippen molar-refractivity contribution in [1.29, 1.82) is 0 Å². The largest absolute Gasteiger partial charge is 0.313 e. The summed E-state index contributed by atoms with van der Waals surface area (Å²) in [6.07, 6.45) is 0.504. The molecule has 0 aliphatic carbocycles. The third kappa shape index (κ3) is 5.18. The molecule has 160 valence electrons. The molecule has 6 heteroatoms. The van der Waals surface area contributed by atoms with Gasteiger partial charge in [-0.05, 0) is 11.5 Å². The van der Waals surface area contributed by atoms with Crippen LogP contribution in [0, 0.1) is 16.0 Å². The minimum atomic E-state index is -3.28. The molecule has 1 atom stereocenters. The SMILES string of the molecule is CC(C)CC(=O)CC(c1ccc([N+](=O)[O-])cc1)P(=O)(c1ccccc1)c1ccccc1. The average Bonchev–Trinajstić information content (AvgIpc) is 2.78. The fourth-order valence-corrected chi connectivity index (χ4v) is 7.14. The number of carbonyl (C=O) groups excluding carboxylic acids is 1. The molecule has 0 bridgehead atoms. The molecule has 1 unspecified atom stereocenters. The Balaban J connectivity index is 2.19. The first-order chi connectivity index (χ1) is 14.8. The van der Waals surface area contributed by atoms with E-state index >= 15 is 0 Å². The lowest BCUT2D eigenvalue weighted by molar-refractivity contribution is -0.384. The number of ketones is 1. The van der Waals surface area contributed by atoms with Crippen LogP contribution >= 0.6 is 7.14 Å². The number of Topliss-reactive ketones (excluding diaryl/α,β-unsaturated/α-hetero) is 1. The van der Waals surface area contributed by atoms with E-state index in [9.17, 15) is 19.5 Å². The molecule has 0 fully saturated rings. The van der Waals surface area contributed by atoms with Gasteiger partial charge >= 0.3 is 0 Å². The fourth-order valence-electron chi connectivity index (χ4n) is 3.84. The van der Waals surface area contributed by atoms with Crippen molar-refractivity contribution in [2.45, 2.75) is 32.3 Å². The molecule has 31 heavy (non-hydrogen) atoms. The van der Waals surface area contributed by atoms with Gasteiger partial charge in [0.25, 0.3) is 5.69 Å². The van der Waals surface area contributed by atoms with Crippen molar-refractivity contribution >= 4 is 29.2 Å². The summed E-state index contributed by atoms with van der Waals surface area (Å²) in [7, 11) is -3.28. The average molecular weight is 435 g/mol. The van der Waals surface area contributed by atoms with Crippen molar-refractivity contribution in [3.63, 3.8) is 0 Å². The zero-order valence-corrected chi connectivity index (χ0v) is 18.6. The van der Waals surface area contributed by atoms with E-state index in [1.165, 1.54) is 12.1 Å². The first kappa shape index (κ1) is 22.6. The van der Waals surface area contributed by atoms with Gasteiger partial charge in [0.2, 0.25) is 0 Å². The van der Waals surface area contributed by atoms with E-state index in [4.69, 9.17) is 0 Å². The van der Waals surface area contributed by atoms with E-state index in [0.29, 0.717) is 22.6 Å². The lowest BCUT2D eigenvalue weighted by Crippen LogP contribution is -2.23. The van der Waals surface area contributed by atoms with Gasteiger partial charge in [0, 0.05) is 35.6 Å². The van der Waals surface area contributed by atoms with Crippen LogP contribution in [0.2, 0.25) is 0 Å². The number of benzene rings is 3. The molecule has 0 N–H and O–H groups in total. The Kier molecular flexibility index (Phi) is 7.19. The highest BCUT2D eigenvalue weighted by Crippen LogP contribution is 2.59. The Morgan fingerprint density at radius 1 is 0.839 bits per heavy atom. The van der Waals surface area contributed by atoms with Gasteiger partial charge in [0.15, 0.2) is 7.14 Å². The van der Waals surface area contributed by atoms with Crippen molar-refractivity contribution < 1.29 is 14.3 Å². The van der Waals surface area contributed by atoms with E-state index in [1.54, 1.807) is 12.1 Å². The molecular weight excluding hydrogens is 409 g/mol. The molecule has 0 amide bonds. The van der Waals surface area contributed by atoms with Crippen LogP contribution in [-0.2, 0) is 9.36 Å². The maximum Gasteiger partial charge on any atom is 0.269 e. The van der Waals surface area contributed by atoms with Crippen LogP contribution in [-0.4, -0.2) is 10.7 Å². The second-order valence-corrected chi connectivity index (χ2v) is 11.0. The maximum atomic E-state index is 14.9. The summed E-state index contributed by atoms with van der Waals surface area (Å²) < 4.78 is 14.9. The highest BCUT2D eigenvalue weighted by molar-refractivity contribution is 7.79. The molecular formula is C25H26NO4P. The van der Waals surface area contributed by atoms with Gasteiger partial charge in [-0.3, -0.25) is 14.9 Å². The number of rotatable bonds is 9. The molecule has 3 rings (SSSR count). The molecule has 0 saturated heterocycles. The van der Waals surface area contributed by atoms with Gasteiger partial charge in [-0.15, -0.1) is 0 Å². The number of non-ortho nitro benzene ring substituents is 1. The van der Waals surface area contributed by atoms with E-state index in [-0.39, 0.29) is 23.8 Å². The first-order valence-corrected chi connectivity index (χ1v) is 12.1. The third-order valence-corrected chi connectivity index (χ3v) is 8.75. The van der Waals surface area contributed by atoms with Crippen molar-refractivity contribution in [2.75, 3.05) is 0 Å². The lowest BCUT2D eigenvalue weighted by Gasteiger charge is -2.29. The van der Waals surface area contributed by atoms with Gasteiger partial charge in [-0.25, -0.2) is 0 Å². The molecule has 0 aliphatic heterocycles. The summed E-state index contributed by atoms with van der Waals surface area (Å²) >= 11 is 0. The Bertz CT molecular complexity index is 1040. The number of hydrogen-bond acceptors (Lipinski definition) is 4. The van der Waals surface area contributed by atoms with Crippen LogP contribution in [0.5, 0.6) is 0 Å². The summed E-state index contributed by atoms with van der Waals surface area (Å²) in [5.74, 6) is 0.225. The van der Waals surface area contributed by atoms with Gasteiger partial charge < -0.3 is 4.57 Å². The summed E-state index contributed by atoms with van der Waals surface area (Å²) in [5.41, 5.74) is 0.0216. The second-order valence-electron chi connectivity index (χ2n) is 8.03. The number of nitro groups is 1. The van der Waals surface area contributed by atoms with Crippen LogP contribution < -0.4 is 10.6 Å². The van der Waals surface area contributed by atoms with Crippen LogP contribution in [0.25, 0.3) is 0 Å². The Morgan fingerprint density at radius 3 is 1.74 bits per heavy atom. The van der Waals surface area contributed by atoms with Crippen molar-refractivity contribution in [1.82, 2.24) is 0 Å². The van der Waals surface area contributed by atoms with Crippen molar-refractivity contribution in [3.05, 3.63) is 101 Å². The molecule has 0 spiro atoms. The highest BCUT2D eigenvalue weighted by atomic mass is 31.2. The zero-order chi connectivity index (χ0) is 22.4. The maximum absolute atomic E-state index is 14.9. The predicted octanol–water partition coefficient (Wildman–Crippen LogP) is 5.66. The quantitative estimate of drug-likeness (QED) is 0.247. The molecule has 3 aromatic rings. The topological polar surface area (TPSA) is 77.3 Å². The molecule has 0 radical (unpaired) electrons. The monoisotopic (exact) mass is 435 g/mol. The minimum Gasteiger partial charge on any atom is -0.313 e. The summed E-state index contributed by atoms with van der Waals surface area (Å²) in [4.78, 5) is 23.5. The van der Waals surface area contributed by atoms with Crippen molar-refractivity contribution in [3.8, 4) is 0 Å². The molecule has 0 aromatic heterocycles. The molecule has 5 nitrogen and oxygen atoms in total. The Labute approximate surface area is 182 Å². The van der Waals surface area contributed by atoms with Crippen LogP contribution in [0.1, 0.15) is 37.9 Å². The molecule has 0 saturated carbocycles. The summed E-state index contributed by atoms with van der Waals surface area (Å²) in [6, 6.07) is 24.5. The zero-order valence-electron chi connectivity index (χ0n) is 17.7.